The predicted molar refractivity (Wildman–Crippen MR) is 67.9 cm³/mol. The molecule has 0 aliphatic carbocycles. The molecule has 1 aliphatic rings. The molecule has 2 heterocycles. The predicted octanol–water partition coefficient (Wildman–Crippen LogP) is 2.92. The molecule has 0 saturated carbocycles. The lowest BCUT2D eigenvalue weighted by atomic mass is 10.2. The van der Waals surface area contributed by atoms with E-state index >= 15 is 0 Å². The summed E-state index contributed by atoms with van der Waals surface area (Å²) in [6, 6.07) is 4.16. The molecule has 2 nitrogen and oxygen atoms in total. The molecule has 84 valence electrons. The van der Waals surface area contributed by atoms with E-state index in [4.69, 9.17) is 22.1 Å². The molecule has 0 aromatic carbocycles. The summed E-state index contributed by atoms with van der Waals surface area (Å²) < 4.78 is 6.01. The van der Waals surface area contributed by atoms with E-state index in [1.165, 1.54) is 4.88 Å². The SMILES string of the molecule is CC(N)C(SC1COC1)c1ccc(Cl)s1. The van der Waals surface area contributed by atoms with Crippen LogP contribution in [0.3, 0.4) is 0 Å². The zero-order chi connectivity index (χ0) is 10.8. The molecule has 5 heteroatoms. The first-order valence-corrected chi connectivity index (χ1v) is 7.04. The zero-order valence-electron chi connectivity index (χ0n) is 8.48. The van der Waals surface area contributed by atoms with Crippen LogP contribution in [0.4, 0.5) is 0 Å². The monoisotopic (exact) mass is 263 g/mol. The molecule has 2 atom stereocenters. The van der Waals surface area contributed by atoms with Gasteiger partial charge in [-0.05, 0) is 19.1 Å². The fourth-order valence-electron chi connectivity index (χ4n) is 1.43. The molecular formula is C10H14ClNOS2. The summed E-state index contributed by atoms with van der Waals surface area (Å²) in [7, 11) is 0. The molecule has 2 unspecified atom stereocenters. The maximum absolute atomic E-state index is 6.01. The Labute approximate surface area is 103 Å². The summed E-state index contributed by atoms with van der Waals surface area (Å²) in [5, 5.41) is 0.943. The van der Waals surface area contributed by atoms with Gasteiger partial charge in [-0.2, -0.15) is 0 Å². The Hall–Kier alpha value is 0.260. The maximum Gasteiger partial charge on any atom is 0.0931 e. The summed E-state index contributed by atoms with van der Waals surface area (Å²) in [5.41, 5.74) is 6.01. The zero-order valence-corrected chi connectivity index (χ0v) is 10.9. The van der Waals surface area contributed by atoms with Gasteiger partial charge in [0.2, 0.25) is 0 Å². The minimum absolute atomic E-state index is 0.144. The maximum atomic E-state index is 6.01. The van der Waals surface area contributed by atoms with Gasteiger partial charge in [-0.15, -0.1) is 23.1 Å². The second kappa shape index (κ2) is 5.06. The number of hydrogen-bond acceptors (Lipinski definition) is 4. The van der Waals surface area contributed by atoms with Crippen LogP contribution in [-0.2, 0) is 4.74 Å². The van der Waals surface area contributed by atoms with Gasteiger partial charge in [0.1, 0.15) is 0 Å². The third kappa shape index (κ3) is 2.88. The van der Waals surface area contributed by atoms with Crippen molar-refractivity contribution in [2.75, 3.05) is 13.2 Å². The summed E-state index contributed by atoms with van der Waals surface area (Å²) in [5.74, 6) is 0. The number of hydrogen-bond donors (Lipinski definition) is 1. The van der Waals surface area contributed by atoms with Crippen LogP contribution in [0.2, 0.25) is 4.34 Å². The molecule has 1 fully saturated rings. The molecule has 1 aromatic heterocycles. The number of rotatable bonds is 4. The van der Waals surface area contributed by atoms with Crippen molar-refractivity contribution in [1.29, 1.82) is 0 Å². The summed E-state index contributed by atoms with van der Waals surface area (Å²) in [6.07, 6.45) is 0. The third-order valence-electron chi connectivity index (χ3n) is 2.30. The highest BCUT2D eigenvalue weighted by atomic mass is 35.5. The first kappa shape index (κ1) is 11.7. The highest BCUT2D eigenvalue weighted by Gasteiger charge is 2.27. The lowest BCUT2D eigenvalue weighted by Crippen LogP contribution is -2.33. The van der Waals surface area contributed by atoms with Crippen molar-refractivity contribution in [2.45, 2.75) is 23.5 Å². The highest BCUT2D eigenvalue weighted by molar-refractivity contribution is 8.00. The van der Waals surface area contributed by atoms with E-state index in [1.54, 1.807) is 11.3 Å². The van der Waals surface area contributed by atoms with Crippen molar-refractivity contribution in [3.05, 3.63) is 21.3 Å². The summed E-state index contributed by atoms with van der Waals surface area (Å²) in [4.78, 5) is 1.27. The van der Waals surface area contributed by atoms with E-state index in [1.807, 2.05) is 24.8 Å². The van der Waals surface area contributed by atoms with Crippen molar-refractivity contribution in [3.8, 4) is 0 Å². The van der Waals surface area contributed by atoms with Crippen molar-refractivity contribution >= 4 is 34.7 Å². The normalized spacial score (nSPS) is 21.0. The van der Waals surface area contributed by atoms with Gasteiger partial charge in [0.25, 0.3) is 0 Å². The van der Waals surface area contributed by atoms with Crippen molar-refractivity contribution in [1.82, 2.24) is 0 Å². The minimum atomic E-state index is 0.144. The van der Waals surface area contributed by atoms with Gasteiger partial charge >= 0.3 is 0 Å². The van der Waals surface area contributed by atoms with Gasteiger partial charge in [0.15, 0.2) is 0 Å². The van der Waals surface area contributed by atoms with Gasteiger partial charge in [-0.25, -0.2) is 0 Å². The fourth-order valence-corrected chi connectivity index (χ4v) is 4.13. The van der Waals surface area contributed by atoms with E-state index in [0.717, 1.165) is 17.6 Å². The van der Waals surface area contributed by atoms with Gasteiger partial charge < -0.3 is 10.5 Å². The molecule has 0 bridgehead atoms. The second-order valence-corrected chi connectivity index (χ2v) is 6.91. The van der Waals surface area contributed by atoms with Crippen LogP contribution < -0.4 is 5.73 Å². The quantitative estimate of drug-likeness (QED) is 0.907. The molecule has 0 amide bonds. The second-order valence-electron chi connectivity index (χ2n) is 3.72. The number of nitrogens with two attached hydrogens (primary N) is 1. The van der Waals surface area contributed by atoms with Crippen LogP contribution in [0.1, 0.15) is 17.1 Å². The van der Waals surface area contributed by atoms with E-state index in [0.29, 0.717) is 10.5 Å². The molecule has 1 saturated heterocycles. The minimum Gasteiger partial charge on any atom is -0.379 e. The summed E-state index contributed by atoms with van der Waals surface area (Å²) >= 11 is 9.47. The molecule has 15 heavy (non-hydrogen) atoms. The Bertz CT molecular complexity index is 325. The van der Waals surface area contributed by atoms with Crippen molar-refractivity contribution < 1.29 is 4.74 Å². The van der Waals surface area contributed by atoms with Crippen molar-refractivity contribution in [2.24, 2.45) is 5.73 Å². The van der Waals surface area contributed by atoms with Gasteiger partial charge in [0, 0.05) is 10.9 Å². The van der Waals surface area contributed by atoms with Crippen LogP contribution >= 0.6 is 34.7 Å². The lowest BCUT2D eigenvalue weighted by molar-refractivity contribution is 0.0452. The molecule has 0 spiro atoms. The molecule has 0 radical (unpaired) electrons. The number of halogens is 1. The Morgan fingerprint density at radius 1 is 1.60 bits per heavy atom. The first-order chi connectivity index (χ1) is 7.16. The van der Waals surface area contributed by atoms with Crippen LogP contribution in [0.15, 0.2) is 12.1 Å². The van der Waals surface area contributed by atoms with E-state index < -0.39 is 0 Å². The van der Waals surface area contributed by atoms with Crippen LogP contribution in [0, 0.1) is 0 Å². The molecule has 2 N–H and O–H groups in total. The van der Waals surface area contributed by atoms with Gasteiger partial charge in [0.05, 0.1) is 28.0 Å². The fraction of sp³-hybridized carbons (Fsp3) is 0.600. The lowest BCUT2D eigenvalue weighted by Gasteiger charge is -2.30. The van der Waals surface area contributed by atoms with E-state index in [9.17, 15) is 0 Å². The Kier molecular flexibility index (Phi) is 3.96. The van der Waals surface area contributed by atoms with Gasteiger partial charge in [-0.1, -0.05) is 11.6 Å². The highest BCUT2D eigenvalue weighted by Crippen LogP contribution is 2.40. The number of thioether (sulfide) groups is 1. The van der Waals surface area contributed by atoms with E-state index in [2.05, 4.69) is 6.07 Å². The Morgan fingerprint density at radius 3 is 2.73 bits per heavy atom. The number of thiophene rings is 1. The molecule has 1 aromatic rings. The average Bonchev–Trinajstić information content (AvgIpc) is 2.49. The van der Waals surface area contributed by atoms with E-state index in [-0.39, 0.29) is 6.04 Å². The molecule has 2 rings (SSSR count). The average molecular weight is 264 g/mol. The smallest absolute Gasteiger partial charge is 0.0931 e. The standard InChI is InChI=1S/C10H14ClNOS2/c1-6(12)10(14-7-4-13-5-7)8-2-3-9(11)15-8/h2-3,6-7,10H,4-5,12H2,1H3. The molecule has 1 aliphatic heterocycles. The first-order valence-electron chi connectivity index (χ1n) is 4.91. The van der Waals surface area contributed by atoms with Crippen molar-refractivity contribution in [3.63, 3.8) is 0 Å². The summed E-state index contributed by atoms with van der Waals surface area (Å²) in [6.45, 7) is 3.75. The van der Waals surface area contributed by atoms with Crippen LogP contribution in [-0.4, -0.2) is 24.5 Å². The van der Waals surface area contributed by atoms with Crippen LogP contribution in [0.5, 0.6) is 0 Å². The Balaban J connectivity index is 2.04. The molecular weight excluding hydrogens is 250 g/mol. The number of ether oxygens (including phenoxy) is 1. The topological polar surface area (TPSA) is 35.2 Å². The van der Waals surface area contributed by atoms with Gasteiger partial charge in [-0.3, -0.25) is 0 Å². The Morgan fingerprint density at radius 2 is 2.33 bits per heavy atom. The third-order valence-corrected chi connectivity index (χ3v) is 5.40. The largest absolute Gasteiger partial charge is 0.379 e. The van der Waals surface area contributed by atoms with Crippen LogP contribution in [0.25, 0.3) is 0 Å².